The molecule has 1 aliphatic rings. The average molecular weight is 215 g/mol. The molecule has 1 aliphatic heterocycles. The first-order valence-electron chi connectivity index (χ1n) is 5.50. The van der Waals surface area contributed by atoms with Crippen LogP contribution in [0.5, 0.6) is 0 Å². The molecule has 0 aliphatic carbocycles. The molecular weight excluding hydrogens is 198 g/mol. The Labute approximate surface area is 96.6 Å². The van der Waals surface area contributed by atoms with Crippen molar-refractivity contribution in [2.75, 3.05) is 11.9 Å². The molecule has 1 aromatic rings. The van der Waals surface area contributed by atoms with Crippen LogP contribution in [0.4, 0.5) is 5.69 Å². The summed E-state index contributed by atoms with van der Waals surface area (Å²) in [5.74, 6) is 0. The topological polar surface area (TPSA) is 20.3 Å². The van der Waals surface area contributed by atoms with Crippen LogP contribution in [-0.2, 0) is 4.79 Å². The number of benzene rings is 1. The highest BCUT2D eigenvalue weighted by molar-refractivity contribution is 5.91. The van der Waals surface area contributed by atoms with Gasteiger partial charge in [-0.05, 0) is 38.0 Å². The second kappa shape index (κ2) is 3.48. The van der Waals surface area contributed by atoms with Gasteiger partial charge in [-0.1, -0.05) is 18.2 Å². The van der Waals surface area contributed by atoms with Crippen molar-refractivity contribution >= 4 is 17.5 Å². The molecule has 0 saturated heterocycles. The fourth-order valence-corrected chi connectivity index (χ4v) is 2.33. The Balaban J connectivity index is 2.74. The van der Waals surface area contributed by atoms with E-state index in [9.17, 15) is 4.79 Å². The number of likely N-dealkylation sites (N-methyl/N-ethyl adjacent to an activating group) is 1. The first-order chi connectivity index (χ1) is 7.52. The monoisotopic (exact) mass is 215 g/mol. The highest BCUT2D eigenvalue weighted by Gasteiger charge is 2.37. The molecule has 0 radical (unpaired) electrons. The molecule has 84 valence electrons. The maximum atomic E-state index is 11.4. The molecule has 0 N–H and O–H groups in total. The van der Waals surface area contributed by atoms with E-state index >= 15 is 0 Å². The molecule has 16 heavy (non-hydrogen) atoms. The molecule has 1 unspecified atom stereocenters. The lowest BCUT2D eigenvalue weighted by molar-refractivity contribution is -0.110. The van der Waals surface area contributed by atoms with E-state index < -0.39 is 5.54 Å². The quantitative estimate of drug-likeness (QED) is 0.671. The van der Waals surface area contributed by atoms with E-state index in [-0.39, 0.29) is 0 Å². The van der Waals surface area contributed by atoms with Gasteiger partial charge in [-0.2, -0.15) is 0 Å². The smallest absolute Gasteiger partial charge is 0.149 e. The number of hydrogen-bond acceptors (Lipinski definition) is 2. The van der Waals surface area contributed by atoms with Gasteiger partial charge >= 0.3 is 0 Å². The van der Waals surface area contributed by atoms with Crippen molar-refractivity contribution in [2.45, 2.75) is 26.3 Å². The first kappa shape index (κ1) is 10.9. The van der Waals surface area contributed by atoms with Crippen LogP contribution in [0, 0.1) is 0 Å². The second-order valence-corrected chi connectivity index (χ2v) is 4.59. The van der Waals surface area contributed by atoms with E-state index in [2.05, 4.69) is 24.0 Å². The molecule has 1 aromatic carbocycles. The summed E-state index contributed by atoms with van der Waals surface area (Å²) in [4.78, 5) is 13.4. The maximum Gasteiger partial charge on any atom is 0.149 e. The average Bonchev–Trinajstić information content (AvgIpc) is 2.33. The van der Waals surface area contributed by atoms with Crippen molar-refractivity contribution in [3.63, 3.8) is 0 Å². The molecular formula is C14H17NO. The normalized spacial score (nSPS) is 24.4. The van der Waals surface area contributed by atoms with Gasteiger partial charge in [-0.25, -0.2) is 0 Å². The highest BCUT2D eigenvalue weighted by Crippen LogP contribution is 2.41. The molecule has 0 spiro atoms. The van der Waals surface area contributed by atoms with Crippen LogP contribution in [0.15, 0.2) is 29.8 Å². The molecule has 2 nitrogen and oxygen atoms in total. The molecule has 0 amide bonds. The fourth-order valence-electron chi connectivity index (χ4n) is 2.33. The largest absolute Gasteiger partial charge is 0.358 e. The number of rotatable bonds is 1. The number of carbonyl (C=O) groups is 1. The van der Waals surface area contributed by atoms with Gasteiger partial charge in [0.05, 0.1) is 0 Å². The van der Waals surface area contributed by atoms with Gasteiger partial charge in [0.1, 0.15) is 11.8 Å². The number of nitrogens with zero attached hydrogens (tertiary/aromatic N) is 1. The molecule has 0 fully saturated rings. The number of anilines is 1. The summed E-state index contributed by atoms with van der Waals surface area (Å²) in [6.45, 7) is 6.09. The maximum absolute atomic E-state index is 11.4. The van der Waals surface area contributed by atoms with Crippen molar-refractivity contribution in [3.05, 3.63) is 35.4 Å². The summed E-state index contributed by atoms with van der Waals surface area (Å²) in [5, 5.41) is 0. The van der Waals surface area contributed by atoms with E-state index in [1.807, 2.05) is 33.0 Å². The van der Waals surface area contributed by atoms with Crippen molar-refractivity contribution in [3.8, 4) is 0 Å². The van der Waals surface area contributed by atoms with Gasteiger partial charge in [-0.3, -0.25) is 0 Å². The molecule has 0 saturated carbocycles. The van der Waals surface area contributed by atoms with Crippen LogP contribution in [0.2, 0.25) is 0 Å². The summed E-state index contributed by atoms with van der Waals surface area (Å²) >= 11 is 0. The lowest BCUT2D eigenvalue weighted by atomic mass is 9.82. The van der Waals surface area contributed by atoms with Crippen molar-refractivity contribution in [1.82, 2.24) is 0 Å². The van der Waals surface area contributed by atoms with Crippen LogP contribution in [0.3, 0.4) is 0 Å². The molecule has 1 atom stereocenters. The highest BCUT2D eigenvalue weighted by atomic mass is 16.1. The minimum atomic E-state index is -0.515. The Morgan fingerprint density at radius 3 is 2.50 bits per heavy atom. The summed E-state index contributed by atoms with van der Waals surface area (Å²) in [5.41, 5.74) is 4.17. The van der Waals surface area contributed by atoms with Crippen molar-refractivity contribution in [2.24, 2.45) is 0 Å². The third-order valence-electron chi connectivity index (χ3n) is 3.92. The molecule has 2 rings (SSSR count). The summed E-state index contributed by atoms with van der Waals surface area (Å²) in [6.07, 6.45) is 1.03. The Bertz CT molecular complexity index is 475. The lowest BCUT2D eigenvalue weighted by Crippen LogP contribution is -2.49. The van der Waals surface area contributed by atoms with Crippen LogP contribution in [-0.4, -0.2) is 18.9 Å². The number of carbonyl (C=O) groups excluding carboxylic acids is 1. The predicted molar refractivity (Wildman–Crippen MR) is 67.6 cm³/mol. The van der Waals surface area contributed by atoms with Gasteiger partial charge in [0, 0.05) is 18.3 Å². The van der Waals surface area contributed by atoms with Crippen molar-refractivity contribution < 1.29 is 4.79 Å². The lowest BCUT2D eigenvalue weighted by Gasteiger charge is -2.42. The Morgan fingerprint density at radius 1 is 1.25 bits per heavy atom. The van der Waals surface area contributed by atoms with Crippen LogP contribution in [0.25, 0.3) is 5.57 Å². The predicted octanol–water partition coefficient (Wildman–Crippen LogP) is 2.89. The van der Waals surface area contributed by atoms with Gasteiger partial charge in [-0.15, -0.1) is 0 Å². The zero-order valence-corrected chi connectivity index (χ0v) is 10.2. The van der Waals surface area contributed by atoms with Crippen LogP contribution >= 0.6 is 0 Å². The van der Waals surface area contributed by atoms with Gasteiger partial charge < -0.3 is 9.69 Å². The number of hydrogen-bond donors (Lipinski definition) is 0. The first-order valence-corrected chi connectivity index (χ1v) is 5.50. The third kappa shape index (κ3) is 1.22. The number of fused-ring (bicyclic) bond motifs is 1. The van der Waals surface area contributed by atoms with E-state index in [0.717, 1.165) is 17.5 Å². The molecule has 1 heterocycles. The van der Waals surface area contributed by atoms with Crippen molar-refractivity contribution in [1.29, 1.82) is 0 Å². The number of aldehydes is 1. The second-order valence-electron chi connectivity index (χ2n) is 4.59. The molecule has 0 aromatic heterocycles. The fraction of sp³-hybridized carbons (Fsp3) is 0.357. The standard InChI is InChI=1S/C14H17NO/c1-10-11(2)14(3,9-16)15(4)13-8-6-5-7-12(10)13/h5-9H,1-4H3. The minimum absolute atomic E-state index is 0.515. The minimum Gasteiger partial charge on any atom is -0.358 e. The van der Waals surface area contributed by atoms with E-state index in [4.69, 9.17) is 0 Å². The van der Waals surface area contributed by atoms with Crippen LogP contribution in [0.1, 0.15) is 26.3 Å². The number of allylic oxidation sites excluding steroid dienone is 1. The van der Waals surface area contributed by atoms with Crippen LogP contribution < -0.4 is 4.90 Å². The van der Waals surface area contributed by atoms with E-state index in [1.165, 1.54) is 11.1 Å². The Hall–Kier alpha value is -1.57. The summed E-state index contributed by atoms with van der Waals surface area (Å²) in [7, 11) is 1.98. The Morgan fingerprint density at radius 2 is 1.88 bits per heavy atom. The molecule has 2 heteroatoms. The SMILES string of the molecule is CC1=C(C)C(C)(C=O)N(C)c2ccccc21. The third-order valence-corrected chi connectivity index (χ3v) is 3.92. The number of para-hydroxylation sites is 1. The molecule has 0 bridgehead atoms. The zero-order valence-electron chi connectivity index (χ0n) is 10.2. The van der Waals surface area contributed by atoms with Gasteiger partial charge in [0.25, 0.3) is 0 Å². The van der Waals surface area contributed by atoms with E-state index in [0.29, 0.717) is 0 Å². The summed E-state index contributed by atoms with van der Waals surface area (Å²) in [6, 6.07) is 8.21. The van der Waals surface area contributed by atoms with Gasteiger partial charge in [0.2, 0.25) is 0 Å². The van der Waals surface area contributed by atoms with E-state index in [1.54, 1.807) is 0 Å². The zero-order chi connectivity index (χ0) is 11.9. The van der Waals surface area contributed by atoms with Gasteiger partial charge in [0.15, 0.2) is 0 Å². The summed E-state index contributed by atoms with van der Waals surface area (Å²) < 4.78 is 0. The Kier molecular flexibility index (Phi) is 2.38.